The molecule has 0 unspecified atom stereocenters. The average molecular weight is 405 g/mol. The molecule has 0 atom stereocenters. The number of halogens is 1. The Morgan fingerprint density at radius 2 is 1.75 bits per heavy atom. The van der Waals surface area contributed by atoms with Gasteiger partial charge < -0.3 is 24.4 Å². The highest BCUT2D eigenvalue weighted by molar-refractivity contribution is 6.30. The molecule has 8 heteroatoms. The Balaban J connectivity index is 1.49. The number of esters is 1. The Morgan fingerprint density at radius 1 is 1.07 bits per heavy atom. The van der Waals surface area contributed by atoms with E-state index in [0.29, 0.717) is 31.2 Å². The molecule has 1 heterocycles. The maximum absolute atomic E-state index is 12.3. The van der Waals surface area contributed by atoms with E-state index >= 15 is 0 Å². The van der Waals surface area contributed by atoms with Gasteiger partial charge in [0.15, 0.2) is 6.61 Å². The smallest absolute Gasteiger partial charge is 0.342 e. The number of piperazine rings is 1. The molecular weight excluding hydrogens is 384 g/mol. The number of hydrogen-bond acceptors (Lipinski definition) is 6. The Hall–Kier alpha value is -2.93. The molecule has 1 amide bonds. The van der Waals surface area contributed by atoms with E-state index in [1.54, 1.807) is 12.0 Å². The number of phenolic OH excluding ortho intramolecular Hbond substituents is 1. The monoisotopic (exact) mass is 404 g/mol. The Kier molecular flexibility index (Phi) is 6.26. The summed E-state index contributed by atoms with van der Waals surface area (Å²) in [6.45, 7) is 2.07. The van der Waals surface area contributed by atoms with Crippen LogP contribution in [0.5, 0.6) is 11.5 Å². The van der Waals surface area contributed by atoms with Crippen LogP contribution in [0.25, 0.3) is 0 Å². The first kappa shape index (κ1) is 19.8. The number of nitrogens with zero attached hydrogens (tertiary/aromatic N) is 2. The lowest BCUT2D eigenvalue weighted by Crippen LogP contribution is -2.49. The molecule has 1 fully saturated rings. The number of carbonyl (C=O) groups excluding carboxylic acids is 2. The second kappa shape index (κ2) is 8.84. The van der Waals surface area contributed by atoms with E-state index in [2.05, 4.69) is 4.90 Å². The van der Waals surface area contributed by atoms with Crippen LogP contribution >= 0.6 is 11.6 Å². The largest absolute Gasteiger partial charge is 0.507 e. The van der Waals surface area contributed by atoms with Gasteiger partial charge in [0.2, 0.25) is 0 Å². The summed E-state index contributed by atoms with van der Waals surface area (Å²) in [5.74, 6) is -0.514. The van der Waals surface area contributed by atoms with Crippen LogP contribution < -0.4 is 9.64 Å². The molecule has 0 bridgehead atoms. The van der Waals surface area contributed by atoms with E-state index in [4.69, 9.17) is 21.1 Å². The van der Waals surface area contributed by atoms with Crippen LogP contribution in [0.3, 0.4) is 0 Å². The highest BCUT2D eigenvalue weighted by Gasteiger charge is 2.23. The Morgan fingerprint density at radius 3 is 2.36 bits per heavy atom. The van der Waals surface area contributed by atoms with Gasteiger partial charge in [-0.15, -0.1) is 0 Å². The van der Waals surface area contributed by atoms with Crippen LogP contribution in [-0.2, 0) is 9.53 Å². The minimum absolute atomic E-state index is 0.0264. The zero-order valence-corrected chi connectivity index (χ0v) is 16.2. The number of benzene rings is 2. The first-order valence-electron chi connectivity index (χ1n) is 8.80. The SMILES string of the molecule is COc1ccc(N2CCN(C(=O)COC(=O)c3ccc(Cl)cc3O)CC2)cc1. The molecule has 1 saturated heterocycles. The van der Waals surface area contributed by atoms with Crippen molar-refractivity contribution in [1.82, 2.24) is 4.90 Å². The molecule has 2 aromatic carbocycles. The molecule has 2 aromatic rings. The maximum atomic E-state index is 12.3. The van der Waals surface area contributed by atoms with Gasteiger partial charge in [0.25, 0.3) is 5.91 Å². The first-order valence-corrected chi connectivity index (χ1v) is 9.18. The van der Waals surface area contributed by atoms with Crippen LogP contribution in [0.2, 0.25) is 5.02 Å². The van der Waals surface area contributed by atoms with Crippen LogP contribution in [0.15, 0.2) is 42.5 Å². The molecule has 0 aromatic heterocycles. The standard InChI is InChI=1S/C20H21ClN2O5/c1-27-16-5-3-15(4-6-16)22-8-10-23(11-9-22)19(25)13-28-20(26)17-7-2-14(21)12-18(17)24/h2-7,12,24H,8-11,13H2,1H3. The molecule has 0 spiro atoms. The summed E-state index contributed by atoms with van der Waals surface area (Å²) in [7, 11) is 1.63. The minimum atomic E-state index is -0.764. The summed E-state index contributed by atoms with van der Waals surface area (Å²) in [5.41, 5.74) is 1.04. The zero-order chi connectivity index (χ0) is 20.1. The number of phenols is 1. The highest BCUT2D eigenvalue weighted by atomic mass is 35.5. The summed E-state index contributed by atoms with van der Waals surface area (Å²) < 4.78 is 10.2. The quantitative estimate of drug-likeness (QED) is 0.771. The molecule has 7 nitrogen and oxygen atoms in total. The van der Waals surface area contributed by atoms with Crippen molar-refractivity contribution in [3.05, 3.63) is 53.1 Å². The predicted octanol–water partition coefficient (Wildman–Crippen LogP) is 2.56. The lowest BCUT2D eigenvalue weighted by Gasteiger charge is -2.36. The van der Waals surface area contributed by atoms with Crippen molar-refractivity contribution in [2.45, 2.75) is 0 Å². The van der Waals surface area contributed by atoms with Gasteiger partial charge in [0.1, 0.15) is 17.1 Å². The van der Waals surface area contributed by atoms with Crippen molar-refractivity contribution in [2.24, 2.45) is 0 Å². The van der Waals surface area contributed by atoms with E-state index < -0.39 is 5.97 Å². The first-order chi connectivity index (χ1) is 13.5. The van der Waals surface area contributed by atoms with E-state index in [0.717, 1.165) is 11.4 Å². The number of hydrogen-bond donors (Lipinski definition) is 1. The Labute approximate surface area is 168 Å². The van der Waals surface area contributed by atoms with Crippen LogP contribution in [0.1, 0.15) is 10.4 Å². The second-order valence-electron chi connectivity index (χ2n) is 6.30. The summed E-state index contributed by atoms with van der Waals surface area (Å²) in [4.78, 5) is 28.2. The lowest BCUT2D eigenvalue weighted by molar-refractivity contribution is -0.134. The number of carbonyl (C=O) groups is 2. The molecule has 148 valence electrons. The second-order valence-corrected chi connectivity index (χ2v) is 6.74. The summed E-state index contributed by atoms with van der Waals surface area (Å²) in [6.07, 6.45) is 0. The molecule has 3 rings (SSSR count). The molecule has 0 radical (unpaired) electrons. The van der Waals surface area contributed by atoms with Crippen molar-refractivity contribution in [1.29, 1.82) is 0 Å². The molecule has 28 heavy (non-hydrogen) atoms. The third-order valence-electron chi connectivity index (χ3n) is 4.58. The Bertz CT molecular complexity index is 848. The van der Waals surface area contributed by atoms with Gasteiger partial charge in [-0.3, -0.25) is 4.79 Å². The summed E-state index contributed by atoms with van der Waals surface area (Å²) in [6, 6.07) is 11.8. The molecule has 1 N–H and O–H groups in total. The predicted molar refractivity (Wildman–Crippen MR) is 105 cm³/mol. The van der Waals surface area contributed by atoms with Crippen molar-refractivity contribution in [3.8, 4) is 11.5 Å². The van der Waals surface area contributed by atoms with Crippen molar-refractivity contribution < 1.29 is 24.2 Å². The normalized spacial score (nSPS) is 13.9. The molecular formula is C20H21ClN2O5. The van der Waals surface area contributed by atoms with Gasteiger partial charge in [-0.2, -0.15) is 0 Å². The number of aromatic hydroxyl groups is 1. The highest BCUT2D eigenvalue weighted by Crippen LogP contribution is 2.23. The number of methoxy groups -OCH3 is 1. The lowest BCUT2D eigenvalue weighted by atomic mass is 10.2. The molecule has 1 aliphatic heterocycles. The van der Waals surface area contributed by atoms with E-state index in [1.165, 1.54) is 18.2 Å². The maximum Gasteiger partial charge on any atom is 0.342 e. The summed E-state index contributed by atoms with van der Waals surface area (Å²) in [5, 5.41) is 10.1. The topological polar surface area (TPSA) is 79.3 Å². The zero-order valence-electron chi connectivity index (χ0n) is 15.4. The fourth-order valence-electron chi connectivity index (χ4n) is 2.98. The van der Waals surface area contributed by atoms with Gasteiger partial charge >= 0.3 is 5.97 Å². The van der Waals surface area contributed by atoms with Crippen molar-refractivity contribution >= 4 is 29.2 Å². The van der Waals surface area contributed by atoms with Gasteiger partial charge in [-0.05, 0) is 42.5 Å². The van der Waals surface area contributed by atoms with Crippen LogP contribution in [0.4, 0.5) is 5.69 Å². The third-order valence-corrected chi connectivity index (χ3v) is 4.81. The van der Waals surface area contributed by atoms with Gasteiger partial charge in [-0.1, -0.05) is 11.6 Å². The fourth-order valence-corrected chi connectivity index (χ4v) is 3.15. The number of anilines is 1. The number of amides is 1. The van der Waals surface area contributed by atoms with Crippen LogP contribution in [0, 0.1) is 0 Å². The molecule has 0 aliphatic carbocycles. The van der Waals surface area contributed by atoms with Gasteiger partial charge in [-0.25, -0.2) is 4.79 Å². The van der Waals surface area contributed by atoms with Gasteiger partial charge in [0, 0.05) is 36.9 Å². The average Bonchev–Trinajstić information content (AvgIpc) is 2.72. The van der Waals surface area contributed by atoms with Crippen LogP contribution in [-0.4, -0.2) is 61.8 Å². The van der Waals surface area contributed by atoms with Crippen molar-refractivity contribution in [2.75, 3.05) is 44.8 Å². The molecule has 0 saturated carbocycles. The van der Waals surface area contributed by atoms with E-state index in [-0.39, 0.29) is 23.8 Å². The fraction of sp³-hybridized carbons (Fsp3) is 0.300. The molecule has 1 aliphatic rings. The van der Waals surface area contributed by atoms with E-state index in [9.17, 15) is 14.7 Å². The third kappa shape index (κ3) is 4.67. The summed E-state index contributed by atoms with van der Waals surface area (Å²) >= 11 is 5.74. The van der Waals surface area contributed by atoms with Crippen molar-refractivity contribution in [3.63, 3.8) is 0 Å². The van der Waals surface area contributed by atoms with Gasteiger partial charge in [0.05, 0.1) is 7.11 Å². The van der Waals surface area contributed by atoms with E-state index in [1.807, 2.05) is 24.3 Å². The minimum Gasteiger partial charge on any atom is -0.507 e. The number of ether oxygens (including phenoxy) is 2. The number of rotatable bonds is 5.